The largest absolute Gasteiger partial charge is 0.361 e. The molecule has 2 heteroatoms. The molecule has 9 heavy (non-hydrogen) atoms. The number of nitrogens with zero attached hydrogens (tertiary/aromatic N) is 2. The van der Waals surface area contributed by atoms with Crippen LogP contribution in [0, 0.1) is 0 Å². The molecule has 0 amide bonds. The SMILES string of the molecule is C=C1CCC=CC1=[N+]=[N-]. The molecule has 1 aliphatic rings. The van der Waals surface area contributed by atoms with E-state index < -0.39 is 0 Å². The summed E-state index contributed by atoms with van der Waals surface area (Å²) >= 11 is 0. The van der Waals surface area contributed by atoms with E-state index >= 15 is 0 Å². The molecule has 0 fully saturated rings. The molecular formula is C7H8N2. The first-order chi connectivity index (χ1) is 4.34. The molecule has 0 radical (unpaired) electrons. The summed E-state index contributed by atoms with van der Waals surface area (Å²) in [6.07, 6.45) is 5.68. The van der Waals surface area contributed by atoms with Crippen LogP contribution in [0.5, 0.6) is 0 Å². The van der Waals surface area contributed by atoms with Gasteiger partial charge in [0.15, 0.2) is 0 Å². The van der Waals surface area contributed by atoms with Gasteiger partial charge in [0.1, 0.15) is 0 Å². The maximum absolute atomic E-state index is 8.34. The Balaban J connectivity index is 2.94. The third-order valence-corrected chi connectivity index (χ3v) is 1.36. The molecule has 0 aromatic carbocycles. The third kappa shape index (κ3) is 1.15. The van der Waals surface area contributed by atoms with Crippen molar-refractivity contribution in [1.29, 1.82) is 0 Å². The van der Waals surface area contributed by atoms with Gasteiger partial charge in [0.2, 0.25) is 0 Å². The highest BCUT2D eigenvalue weighted by Gasteiger charge is 2.11. The zero-order valence-electron chi connectivity index (χ0n) is 5.17. The molecule has 0 aromatic rings. The lowest BCUT2D eigenvalue weighted by molar-refractivity contribution is -0.00292. The van der Waals surface area contributed by atoms with Crippen molar-refractivity contribution >= 4 is 5.71 Å². The predicted molar refractivity (Wildman–Crippen MR) is 36.1 cm³/mol. The first-order valence-electron chi connectivity index (χ1n) is 2.91. The van der Waals surface area contributed by atoms with Gasteiger partial charge in [0.05, 0.1) is 0 Å². The van der Waals surface area contributed by atoms with Crippen molar-refractivity contribution in [2.24, 2.45) is 0 Å². The van der Waals surface area contributed by atoms with Crippen LogP contribution in [-0.4, -0.2) is 10.5 Å². The number of allylic oxidation sites excluding steroid dienone is 3. The first-order valence-corrected chi connectivity index (χ1v) is 2.91. The summed E-state index contributed by atoms with van der Waals surface area (Å²) < 4.78 is 0. The average molecular weight is 120 g/mol. The monoisotopic (exact) mass is 120 g/mol. The second kappa shape index (κ2) is 2.42. The van der Waals surface area contributed by atoms with Crippen LogP contribution in [0.25, 0.3) is 5.53 Å². The Morgan fingerprint density at radius 3 is 2.89 bits per heavy atom. The molecule has 0 saturated heterocycles. The van der Waals surface area contributed by atoms with Crippen molar-refractivity contribution in [3.63, 3.8) is 0 Å². The van der Waals surface area contributed by atoms with Gasteiger partial charge in [0, 0.05) is 11.6 Å². The molecule has 0 bridgehead atoms. The van der Waals surface area contributed by atoms with Crippen molar-refractivity contribution in [2.75, 3.05) is 0 Å². The van der Waals surface area contributed by atoms with E-state index in [-0.39, 0.29) is 0 Å². The van der Waals surface area contributed by atoms with Crippen LogP contribution in [0.15, 0.2) is 24.3 Å². The van der Waals surface area contributed by atoms with Gasteiger partial charge < -0.3 is 5.53 Å². The number of hydrogen-bond donors (Lipinski definition) is 0. The van der Waals surface area contributed by atoms with Crippen LogP contribution in [0.3, 0.4) is 0 Å². The summed E-state index contributed by atoms with van der Waals surface area (Å²) in [5.41, 5.74) is 9.87. The molecule has 2 nitrogen and oxygen atoms in total. The van der Waals surface area contributed by atoms with Crippen LogP contribution < -0.4 is 0 Å². The molecule has 46 valence electrons. The third-order valence-electron chi connectivity index (χ3n) is 1.36. The van der Waals surface area contributed by atoms with Gasteiger partial charge in [-0.05, 0) is 12.8 Å². The Morgan fingerprint density at radius 1 is 1.67 bits per heavy atom. The van der Waals surface area contributed by atoms with E-state index in [1.54, 1.807) is 6.08 Å². The van der Waals surface area contributed by atoms with E-state index in [1.165, 1.54) is 0 Å². The topological polar surface area (TPSA) is 36.4 Å². The van der Waals surface area contributed by atoms with E-state index in [2.05, 4.69) is 11.4 Å². The second-order valence-corrected chi connectivity index (χ2v) is 2.03. The minimum absolute atomic E-state index is 0.612. The highest BCUT2D eigenvalue weighted by Crippen LogP contribution is 2.10. The molecule has 0 saturated carbocycles. The maximum atomic E-state index is 8.34. The molecule has 0 atom stereocenters. The van der Waals surface area contributed by atoms with Gasteiger partial charge >= 0.3 is 5.71 Å². The highest BCUT2D eigenvalue weighted by molar-refractivity contribution is 6.04. The molecule has 0 heterocycles. The Labute approximate surface area is 54.1 Å². The standard InChI is InChI=1S/C7H8N2/c1-6-4-2-3-5-7(6)9-8/h3,5H,1-2,4H2. The van der Waals surface area contributed by atoms with E-state index in [9.17, 15) is 0 Å². The van der Waals surface area contributed by atoms with Crippen molar-refractivity contribution in [3.05, 3.63) is 29.8 Å². The van der Waals surface area contributed by atoms with Gasteiger partial charge in [-0.2, -0.15) is 4.79 Å². The van der Waals surface area contributed by atoms with Crippen LogP contribution in [0.1, 0.15) is 12.8 Å². The summed E-state index contributed by atoms with van der Waals surface area (Å²) in [6.45, 7) is 3.72. The summed E-state index contributed by atoms with van der Waals surface area (Å²) in [5.74, 6) is 0. The van der Waals surface area contributed by atoms with Crippen LogP contribution in [0.2, 0.25) is 0 Å². The van der Waals surface area contributed by atoms with Gasteiger partial charge in [-0.1, -0.05) is 12.7 Å². The van der Waals surface area contributed by atoms with E-state index in [0.29, 0.717) is 5.71 Å². The summed E-state index contributed by atoms with van der Waals surface area (Å²) in [6, 6.07) is 0. The van der Waals surface area contributed by atoms with Gasteiger partial charge in [-0.25, -0.2) is 0 Å². The number of hydrogen-bond acceptors (Lipinski definition) is 0. The average Bonchev–Trinajstić information content (AvgIpc) is 1.89. The Bertz CT molecular complexity index is 207. The molecule has 0 aromatic heterocycles. The quantitative estimate of drug-likeness (QED) is 0.343. The fourth-order valence-corrected chi connectivity index (χ4v) is 0.802. The fraction of sp³-hybridized carbons (Fsp3) is 0.286. The van der Waals surface area contributed by atoms with Gasteiger partial charge in [-0.15, -0.1) is 0 Å². The number of rotatable bonds is 0. The van der Waals surface area contributed by atoms with Crippen LogP contribution in [0.4, 0.5) is 0 Å². The Kier molecular flexibility index (Phi) is 1.61. The fourth-order valence-electron chi connectivity index (χ4n) is 0.802. The summed E-state index contributed by atoms with van der Waals surface area (Å²) in [5, 5.41) is 0. The minimum atomic E-state index is 0.612. The van der Waals surface area contributed by atoms with E-state index in [1.807, 2.05) is 6.08 Å². The summed E-state index contributed by atoms with van der Waals surface area (Å²) in [7, 11) is 0. The van der Waals surface area contributed by atoms with E-state index in [0.717, 1.165) is 18.4 Å². The van der Waals surface area contributed by atoms with Crippen LogP contribution >= 0.6 is 0 Å². The highest BCUT2D eigenvalue weighted by atomic mass is 14.9. The Hall–Kier alpha value is -1.14. The van der Waals surface area contributed by atoms with Gasteiger partial charge in [0.25, 0.3) is 0 Å². The smallest absolute Gasteiger partial charge is 0.317 e. The lowest BCUT2D eigenvalue weighted by Gasteiger charge is -1.98. The molecule has 0 unspecified atom stereocenters. The Morgan fingerprint density at radius 2 is 2.44 bits per heavy atom. The molecule has 1 rings (SSSR count). The predicted octanol–water partition coefficient (Wildman–Crippen LogP) is 1.56. The lowest BCUT2D eigenvalue weighted by atomic mass is 10.0. The van der Waals surface area contributed by atoms with Crippen molar-refractivity contribution in [3.8, 4) is 0 Å². The molecule has 0 aliphatic heterocycles. The molecule has 0 N–H and O–H groups in total. The van der Waals surface area contributed by atoms with Crippen LogP contribution in [-0.2, 0) is 0 Å². The van der Waals surface area contributed by atoms with Crippen molar-refractivity contribution in [2.45, 2.75) is 12.8 Å². The van der Waals surface area contributed by atoms with Gasteiger partial charge in [-0.3, -0.25) is 0 Å². The molecule has 1 aliphatic carbocycles. The zero-order valence-corrected chi connectivity index (χ0v) is 5.17. The molecule has 0 spiro atoms. The summed E-state index contributed by atoms with van der Waals surface area (Å²) in [4.78, 5) is 3.06. The maximum Gasteiger partial charge on any atom is 0.317 e. The van der Waals surface area contributed by atoms with Crippen molar-refractivity contribution < 1.29 is 4.79 Å². The lowest BCUT2D eigenvalue weighted by Crippen LogP contribution is -2.02. The van der Waals surface area contributed by atoms with Crippen molar-refractivity contribution in [1.82, 2.24) is 0 Å². The zero-order chi connectivity index (χ0) is 6.69. The normalized spacial score (nSPS) is 17.8. The van der Waals surface area contributed by atoms with E-state index in [4.69, 9.17) is 5.53 Å². The second-order valence-electron chi connectivity index (χ2n) is 2.03. The minimum Gasteiger partial charge on any atom is -0.361 e. The molecular weight excluding hydrogens is 112 g/mol. The first kappa shape index (κ1) is 5.99.